The molecule has 0 atom stereocenters. The second-order valence-corrected chi connectivity index (χ2v) is 12.7. The molecule has 0 bridgehead atoms. The molecule has 0 saturated carbocycles. The van der Waals surface area contributed by atoms with Crippen LogP contribution in [0.25, 0.3) is 110 Å². The Labute approximate surface area is 280 Å². The van der Waals surface area contributed by atoms with Crippen LogP contribution in [0.5, 0.6) is 0 Å². The number of hydrogen-bond donors (Lipinski definition) is 0. The summed E-state index contributed by atoms with van der Waals surface area (Å²) in [5, 5.41) is 10.1. The average Bonchev–Trinajstić information content (AvgIpc) is 3.87. The monoisotopic (exact) mass is 626 g/mol. The Kier molecular flexibility index (Phi) is 5.38. The summed E-state index contributed by atoms with van der Waals surface area (Å²) in [5.41, 5.74) is 9.82. The van der Waals surface area contributed by atoms with Crippen molar-refractivity contribution >= 4 is 76.4 Å². The molecule has 3 nitrogen and oxygen atoms in total. The van der Waals surface area contributed by atoms with E-state index in [2.05, 4.69) is 115 Å². The molecule has 0 saturated heterocycles. The molecule has 0 aliphatic rings. The normalized spacial score (nSPS) is 12.1. The number of fused-ring (bicyclic) bond motifs is 9. The highest BCUT2D eigenvalue weighted by molar-refractivity contribution is 6.30. The van der Waals surface area contributed by atoms with Crippen LogP contribution >= 0.6 is 0 Å². The Hall–Kier alpha value is -6.58. The zero-order valence-corrected chi connectivity index (χ0v) is 26.2. The van der Waals surface area contributed by atoms with Gasteiger partial charge in [-0.15, -0.1) is 0 Å². The van der Waals surface area contributed by atoms with E-state index in [1.54, 1.807) is 0 Å². The minimum absolute atomic E-state index is 0.796. The first-order chi connectivity index (χ1) is 24.3. The molecule has 0 amide bonds. The van der Waals surface area contributed by atoms with Crippen LogP contribution in [0.3, 0.4) is 0 Å². The molecule has 0 radical (unpaired) electrons. The number of rotatable bonds is 3. The molecule has 0 spiro atoms. The molecule has 0 aliphatic carbocycles. The van der Waals surface area contributed by atoms with Gasteiger partial charge in [-0.05, 0) is 45.3 Å². The van der Waals surface area contributed by atoms with Crippen molar-refractivity contribution in [3.63, 3.8) is 0 Å². The van der Waals surface area contributed by atoms with Gasteiger partial charge in [-0.3, -0.25) is 0 Å². The van der Waals surface area contributed by atoms with E-state index in [-0.39, 0.29) is 0 Å². The smallest absolute Gasteiger partial charge is 0.143 e. The topological polar surface area (TPSA) is 39.4 Å². The van der Waals surface area contributed by atoms with Crippen LogP contribution < -0.4 is 0 Å². The first kappa shape index (κ1) is 26.5. The van der Waals surface area contributed by atoms with Crippen molar-refractivity contribution in [3.8, 4) is 33.6 Å². The summed E-state index contributed by atoms with van der Waals surface area (Å²) < 4.78 is 19.8. The van der Waals surface area contributed by atoms with Crippen LogP contribution in [0.15, 0.2) is 171 Å². The van der Waals surface area contributed by atoms with Crippen LogP contribution in [0.2, 0.25) is 0 Å². The number of benzene rings is 8. The summed E-state index contributed by atoms with van der Waals surface area (Å²) in [6, 6.07) is 55.2. The minimum atomic E-state index is 0.796. The van der Waals surface area contributed by atoms with E-state index in [9.17, 15) is 0 Å². The molecule has 0 N–H and O–H groups in total. The van der Waals surface area contributed by atoms with E-state index < -0.39 is 0 Å². The Bertz CT molecular complexity index is 3040. The largest absolute Gasteiger partial charge is 0.456 e. The van der Waals surface area contributed by atoms with Crippen LogP contribution in [0.4, 0.5) is 0 Å². The summed E-state index contributed by atoms with van der Waals surface area (Å²) in [4.78, 5) is 0. The molecule has 3 aromatic heterocycles. The SMILES string of the molecule is c1ccc(-c2cc3c(-c4c5ccccc5c(-c5cccc6c5oc5ccccc56)c5ccccc45)c4c(cc3o2)oc2ccccc24)cc1. The maximum atomic E-state index is 6.64. The lowest BCUT2D eigenvalue weighted by Crippen LogP contribution is -1.92. The second kappa shape index (κ2) is 9.96. The third-order valence-electron chi connectivity index (χ3n) is 10.1. The zero-order chi connectivity index (χ0) is 32.1. The molecular weight excluding hydrogens is 601 g/mol. The van der Waals surface area contributed by atoms with Gasteiger partial charge in [0.25, 0.3) is 0 Å². The lowest BCUT2D eigenvalue weighted by atomic mass is 9.83. The quantitative estimate of drug-likeness (QED) is 0.183. The van der Waals surface area contributed by atoms with Gasteiger partial charge in [0.1, 0.15) is 33.7 Å². The molecule has 0 aliphatic heterocycles. The summed E-state index contributed by atoms with van der Waals surface area (Å²) in [6.07, 6.45) is 0. The summed E-state index contributed by atoms with van der Waals surface area (Å²) in [5.74, 6) is 0.829. The van der Waals surface area contributed by atoms with Gasteiger partial charge in [0.05, 0.1) is 0 Å². The summed E-state index contributed by atoms with van der Waals surface area (Å²) in [6.45, 7) is 0. The van der Waals surface area contributed by atoms with Crippen molar-refractivity contribution in [3.05, 3.63) is 158 Å². The van der Waals surface area contributed by atoms with Crippen LogP contribution in [0, 0.1) is 0 Å². The van der Waals surface area contributed by atoms with Gasteiger partial charge >= 0.3 is 0 Å². The third-order valence-corrected chi connectivity index (χ3v) is 10.1. The Morgan fingerprint density at radius 2 is 0.878 bits per heavy atom. The highest BCUT2D eigenvalue weighted by Crippen LogP contribution is 2.51. The maximum Gasteiger partial charge on any atom is 0.143 e. The minimum Gasteiger partial charge on any atom is -0.456 e. The number of para-hydroxylation sites is 3. The Morgan fingerprint density at radius 3 is 1.59 bits per heavy atom. The molecule has 0 fully saturated rings. The summed E-state index contributed by atoms with van der Waals surface area (Å²) in [7, 11) is 0. The van der Waals surface area contributed by atoms with Crippen LogP contribution in [0.1, 0.15) is 0 Å². The van der Waals surface area contributed by atoms with Crippen LogP contribution in [-0.4, -0.2) is 0 Å². The summed E-state index contributed by atoms with van der Waals surface area (Å²) >= 11 is 0. The predicted octanol–water partition coefficient (Wildman–Crippen LogP) is 13.5. The van der Waals surface area contributed by atoms with Crippen LogP contribution in [-0.2, 0) is 0 Å². The van der Waals surface area contributed by atoms with E-state index in [0.717, 1.165) is 110 Å². The van der Waals surface area contributed by atoms with Gasteiger partial charge < -0.3 is 13.3 Å². The fourth-order valence-electron chi connectivity index (χ4n) is 8.02. The molecule has 11 rings (SSSR count). The van der Waals surface area contributed by atoms with E-state index in [4.69, 9.17) is 13.3 Å². The van der Waals surface area contributed by atoms with E-state index in [1.165, 1.54) is 0 Å². The van der Waals surface area contributed by atoms with E-state index in [0.29, 0.717) is 0 Å². The van der Waals surface area contributed by atoms with Crippen molar-refractivity contribution in [1.29, 1.82) is 0 Å². The van der Waals surface area contributed by atoms with Crippen molar-refractivity contribution in [2.75, 3.05) is 0 Å². The second-order valence-electron chi connectivity index (χ2n) is 12.7. The number of furan rings is 3. The van der Waals surface area contributed by atoms with E-state index >= 15 is 0 Å². The molecule has 228 valence electrons. The highest BCUT2D eigenvalue weighted by Gasteiger charge is 2.25. The van der Waals surface area contributed by atoms with Crippen molar-refractivity contribution in [2.24, 2.45) is 0 Å². The first-order valence-corrected chi connectivity index (χ1v) is 16.6. The Balaban J connectivity index is 1.33. The van der Waals surface area contributed by atoms with Gasteiger partial charge in [-0.25, -0.2) is 0 Å². The fraction of sp³-hybridized carbons (Fsp3) is 0. The molecule has 11 aromatic rings. The lowest BCUT2D eigenvalue weighted by Gasteiger charge is -2.19. The predicted molar refractivity (Wildman–Crippen MR) is 202 cm³/mol. The zero-order valence-electron chi connectivity index (χ0n) is 26.2. The van der Waals surface area contributed by atoms with Gasteiger partial charge in [-0.1, -0.05) is 133 Å². The first-order valence-electron chi connectivity index (χ1n) is 16.6. The van der Waals surface area contributed by atoms with Gasteiger partial charge in [0.15, 0.2) is 0 Å². The molecule has 3 heterocycles. The van der Waals surface area contributed by atoms with Crippen molar-refractivity contribution < 1.29 is 13.3 Å². The molecule has 3 heteroatoms. The van der Waals surface area contributed by atoms with Gasteiger partial charge in [-0.2, -0.15) is 0 Å². The standard InChI is InChI=1S/C46H26O3/c1-2-13-27(14-3-1)39-25-36-40(48-39)26-41-44(34-20-9-11-24-38(34)47-41)45(36)43-31-18-6-4-16-29(31)42(30-17-5-7-19-32(30)43)35-22-12-21-33-28-15-8-10-23-37(28)49-46(33)35/h1-26H. The van der Waals surface area contributed by atoms with Gasteiger partial charge in [0.2, 0.25) is 0 Å². The molecule has 49 heavy (non-hydrogen) atoms. The average molecular weight is 627 g/mol. The fourth-order valence-corrected chi connectivity index (χ4v) is 8.02. The molecule has 8 aromatic carbocycles. The van der Waals surface area contributed by atoms with Crippen molar-refractivity contribution in [2.45, 2.75) is 0 Å². The maximum absolute atomic E-state index is 6.64. The van der Waals surface area contributed by atoms with Crippen molar-refractivity contribution in [1.82, 2.24) is 0 Å². The van der Waals surface area contributed by atoms with E-state index in [1.807, 2.05) is 42.5 Å². The van der Waals surface area contributed by atoms with Gasteiger partial charge in [0, 0.05) is 55.3 Å². The highest BCUT2D eigenvalue weighted by atomic mass is 16.3. The lowest BCUT2D eigenvalue weighted by molar-refractivity contribution is 0.628. The number of hydrogen-bond acceptors (Lipinski definition) is 3. The molecule has 0 unspecified atom stereocenters. The Morgan fingerprint density at radius 1 is 0.306 bits per heavy atom. The third kappa shape index (κ3) is 3.73. The molecular formula is C46H26O3.